The summed E-state index contributed by atoms with van der Waals surface area (Å²) >= 11 is 12.4. The number of ether oxygens (including phenoxy) is 1. The molecule has 0 radical (unpaired) electrons. The fraction of sp³-hybridized carbons (Fsp3) is 0.269. The number of benzene rings is 3. The second-order valence-electron chi connectivity index (χ2n) is 7.84. The summed E-state index contributed by atoms with van der Waals surface area (Å²) in [7, 11) is -3.82. The quantitative estimate of drug-likeness (QED) is 0.296. The van der Waals surface area contributed by atoms with Gasteiger partial charge in [0.1, 0.15) is 23.1 Å². The van der Waals surface area contributed by atoms with E-state index in [-0.39, 0.29) is 15.5 Å². The van der Waals surface area contributed by atoms with E-state index in [9.17, 15) is 13.7 Å². The van der Waals surface area contributed by atoms with E-state index in [0.717, 1.165) is 38.0 Å². The van der Waals surface area contributed by atoms with Crippen molar-refractivity contribution in [3.63, 3.8) is 0 Å². The first-order chi connectivity index (χ1) is 16.8. The molecule has 6 nitrogen and oxygen atoms in total. The van der Waals surface area contributed by atoms with Crippen LogP contribution in [-0.4, -0.2) is 33.0 Å². The molecular formula is C26H27Cl2N3O3S. The van der Waals surface area contributed by atoms with E-state index in [0.29, 0.717) is 22.2 Å². The van der Waals surface area contributed by atoms with E-state index in [1.54, 1.807) is 36.4 Å². The maximum atomic E-state index is 12.9. The van der Waals surface area contributed by atoms with Crippen LogP contribution in [0.15, 0.2) is 65.6 Å². The molecule has 0 fully saturated rings. The predicted molar refractivity (Wildman–Crippen MR) is 141 cm³/mol. The Morgan fingerprint density at radius 1 is 1.00 bits per heavy atom. The summed E-state index contributed by atoms with van der Waals surface area (Å²) in [5.74, 6) is 0.674. The first-order valence-corrected chi connectivity index (χ1v) is 13.5. The van der Waals surface area contributed by atoms with Crippen molar-refractivity contribution < 1.29 is 13.2 Å². The molecule has 0 amide bonds. The smallest absolute Gasteiger partial charge is 0.261 e. The molecule has 0 saturated heterocycles. The molecule has 184 valence electrons. The highest BCUT2D eigenvalue weighted by atomic mass is 35.5. The minimum Gasteiger partial charge on any atom is -0.456 e. The van der Waals surface area contributed by atoms with Crippen molar-refractivity contribution in [3.8, 4) is 17.6 Å². The van der Waals surface area contributed by atoms with E-state index < -0.39 is 10.0 Å². The average Bonchev–Trinajstić information content (AvgIpc) is 2.84. The monoisotopic (exact) mass is 531 g/mol. The van der Waals surface area contributed by atoms with Crippen LogP contribution in [0.25, 0.3) is 0 Å². The molecule has 0 saturated carbocycles. The van der Waals surface area contributed by atoms with E-state index in [4.69, 9.17) is 27.9 Å². The normalized spacial score (nSPS) is 11.3. The molecule has 0 bridgehead atoms. The van der Waals surface area contributed by atoms with Gasteiger partial charge in [0.25, 0.3) is 10.0 Å². The van der Waals surface area contributed by atoms with Crippen LogP contribution in [-0.2, 0) is 16.4 Å². The molecular weight excluding hydrogens is 505 g/mol. The highest BCUT2D eigenvalue weighted by Crippen LogP contribution is 2.30. The topological polar surface area (TPSA) is 82.4 Å². The zero-order valence-corrected chi connectivity index (χ0v) is 21.9. The fourth-order valence-corrected chi connectivity index (χ4v) is 5.06. The van der Waals surface area contributed by atoms with Crippen LogP contribution < -0.4 is 9.46 Å². The Kier molecular flexibility index (Phi) is 9.41. The standard InChI is InChI=1S/C26H27Cl2N3O3S/c1-3-31(4-2)16-6-7-19-17-20(10-15-24(19)27)30-35(32,33)22-13-11-21(12-14-22)34-26-9-5-8-25(28)23(26)18-29/h5,8-15,17,30H,3-4,6-7,16H2,1-2H3. The first-order valence-electron chi connectivity index (χ1n) is 11.3. The van der Waals surface area contributed by atoms with Crippen molar-refractivity contribution in [3.05, 3.63) is 81.8 Å². The van der Waals surface area contributed by atoms with Crippen LogP contribution in [0.3, 0.4) is 0 Å². The predicted octanol–water partition coefficient (Wildman–Crippen LogP) is 6.73. The van der Waals surface area contributed by atoms with Gasteiger partial charge in [-0.25, -0.2) is 8.42 Å². The number of nitrogens with one attached hydrogen (secondary N) is 1. The van der Waals surface area contributed by atoms with Gasteiger partial charge in [-0.2, -0.15) is 5.26 Å². The van der Waals surface area contributed by atoms with Gasteiger partial charge in [-0.05, 0) is 92.6 Å². The molecule has 0 heterocycles. The largest absolute Gasteiger partial charge is 0.456 e. The molecule has 3 rings (SSSR count). The number of nitriles is 1. The molecule has 3 aromatic rings. The molecule has 0 atom stereocenters. The van der Waals surface area contributed by atoms with Gasteiger partial charge in [0.15, 0.2) is 0 Å². The fourth-order valence-electron chi connectivity index (χ4n) is 3.59. The first kappa shape index (κ1) is 26.8. The lowest BCUT2D eigenvalue weighted by Crippen LogP contribution is -2.24. The van der Waals surface area contributed by atoms with Crippen molar-refractivity contribution in [2.75, 3.05) is 24.4 Å². The maximum absolute atomic E-state index is 12.9. The lowest BCUT2D eigenvalue weighted by Gasteiger charge is -2.18. The second-order valence-corrected chi connectivity index (χ2v) is 10.3. The average molecular weight is 532 g/mol. The molecule has 0 aliphatic rings. The maximum Gasteiger partial charge on any atom is 0.261 e. The third kappa shape index (κ3) is 7.12. The lowest BCUT2D eigenvalue weighted by atomic mass is 10.1. The summed E-state index contributed by atoms with van der Waals surface area (Å²) in [5, 5.41) is 10.2. The zero-order valence-electron chi connectivity index (χ0n) is 19.6. The number of halogens is 2. The Hall–Kier alpha value is -2.76. The molecule has 3 aromatic carbocycles. The number of aryl methyl sites for hydroxylation is 1. The Balaban J connectivity index is 1.70. The SMILES string of the molecule is CCN(CC)CCCc1cc(NS(=O)(=O)c2ccc(Oc3cccc(Cl)c3C#N)cc2)ccc1Cl. The van der Waals surface area contributed by atoms with Crippen LogP contribution in [0.4, 0.5) is 5.69 Å². The molecule has 9 heteroatoms. The van der Waals surface area contributed by atoms with E-state index in [1.165, 1.54) is 24.3 Å². The van der Waals surface area contributed by atoms with Gasteiger partial charge in [0, 0.05) is 10.7 Å². The minimum absolute atomic E-state index is 0.0782. The van der Waals surface area contributed by atoms with Gasteiger partial charge < -0.3 is 9.64 Å². The lowest BCUT2D eigenvalue weighted by molar-refractivity contribution is 0.300. The molecule has 0 unspecified atom stereocenters. The highest BCUT2D eigenvalue weighted by Gasteiger charge is 2.16. The summed E-state index contributed by atoms with van der Waals surface area (Å²) < 4.78 is 34.2. The summed E-state index contributed by atoms with van der Waals surface area (Å²) in [6.45, 7) is 7.20. The highest BCUT2D eigenvalue weighted by molar-refractivity contribution is 7.92. The molecule has 0 aliphatic heterocycles. The molecule has 0 aromatic heterocycles. The number of anilines is 1. The van der Waals surface area contributed by atoms with Gasteiger partial charge in [-0.1, -0.05) is 43.1 Å². The van der Waals surface area contributed by atoms with Crippen LogP contribution in [0.1, 0.15) is 31.4 Å². The van der Waals surface area contributed by atoms with Crippen molar-refractivity contribution >= 4 is 38.9 Å². The van der Waals surface area contributed by atoms with E-state index >= 15 is 0 Å². The van der Waals surface area contributed by atoms with E-state index in [2.05, 4.69) is 23.5 Å². The number of nitrogens with zero attached hydrogens (tertiary/aromatic N) is 2. The van der Waals surface area contributed by atoms with Gasteiger partial charge in [-0.15, -0.1) is 0 Å². The van der Waals surface area contributed by atoms with Crippen LogP contribution in [0.2, 0.25) is 10.0 Å². The van der Waals surface area contributed by atoms with Crippen LogP contribution in [0.5, 0.6) is 11.5 Å². The van der Waals surface area contributed by atoms with Crippen molar-refractivity contribution in [1.29, 1.82) is 5.26 Å². The Morgan fingerprint density at radius 3 is 2.37 bits per heavy atom. The van der Waals surface area contributed by atoms with Gasteiger partial charge in [0.05, 0.1) is 9.92 Å². The number of sulfonamides is 1. The van der Waals surface area contributed by atoms with Gasteiger partial charge in [-0.3, -0.25) is 4.72 Å². The van der Waals surface area contributed by atoms with Gasteiger partial charge in [0.2, 0.25) is 0 Å². The van der Waals surface area contributed by atoms with Crippen molar-refractivity contribution in [2.45, 2.75) is 31.6 Å². The Morgan fingerprint density at radius 2 is 1.71 bits per heavy atom. The molecule has 0 aliphatic carbocycles. The third-order valence-corrected chi connectivity index (χ3v) is 7.64. The van der Waals surface area contributed by atoms with Crippen molar-refractivity contribution in [1.82, 2.24) is 4.90 Å². The Labute approximate surface area is 217 Å². The van der Waals surface area contributed by atoms with Crippen LogP contribution in [0, 0.1) is 11.3 Å². The van der Waals surface area contributed by atoms with Gasteiger partial charge >= 0.3 is 0 Å². The third-order valence-electron chi connectivity index (χ3n) is 5.56. The van der Waals surface area contributed by atoms with E-state index in [1.807, 2.05) is 6.07 Å². The number of hydrogen-bond acceptors (Lipinski definition) is 5. The molecule has 0 spiro atoms. The number of rotatable bonds is 11. The summed E-state index contributed by atoms with van der Waals surface area (Å²) in [6, 6.07) is 18.0. The summed E-state index contributed by atoms with van der Waals surface area (Å²) in [4.78, 5) is 2.41. The van der Waals surface area contributed by atoms with Crippen molar-refractivity contribution in [2.24, 2.45) is 0 Å². The summed E-state index contributed by atoms with van der Waals surface area (Å²) in [5.41, 5.74) is 1.56. The minimum atomic E-state index is -3.82. The second kappa shape index (κ2) is 12.3. The number of hydrogen-bond donors (Lipinski definition) is 1. The zero-order chi connectivity index (χ0) is 25.4. The van der Waals surface area contributed by atoms with Crippen LogP contribution >= 0.6 is 23.2 Å². The summed E-state index contributed by atoms with van der Waals surface area (Å²) in [6.07, 6.45) is 1.68. The molecule has 1 N–H and O–H groups in total. The Bertz CT molecular complexity index is 1300. The molecule has 35 heavy (non-hydrogen) atoms.